The Balaban J connectivity index is 2.25. The lowest BCUT2D eigenvalue weighted by molar-refractivity contribution is -0.121. The molecule has 1 aromatic rings. The summed E-state index contributed by atoms with van der Waals surface area (Å²) >= 11 is 6.13. The molecule has 1 aliphatic heterocycles. The Bertz CT molecular complexity index is 623. The first kappa shape index (κ1) is 17.7. The smallest absolute Gasteiger partial charge is 0.240 e. The van der Waals surface area contributed by atoms with Crippen LogP contribution >= 0.6 is 11.6 Å². The second-order valence-corrected chi connectivity index (χ2v) is 6.92. The number of halogens is 2. The summed E-state index contributed by atoms with van der Waals surface area (Å²) < 4.78 is 19.8. The number of aliphatic hydroxyl groups excluding tert-OH is 1. The number of benzene rings is 1. The van der Waals surface area contributed by atoms with E-state index in [2.05, 4.69) is 10.5 Å². The van der Waals surface area contributed by atoms with Crippen LogP contribution in [-0.4, -0.2) is 29.9 Å². The summed E-state index contributed by atoms with van der Waals surface area (Å²) in [5, 5.41) is 13.3. The van der Waals surface area contributed by atoms with Crippen LogP contribution in [0.5, 0.6) is 5.75 Å². The Labute approximate surface area is 139 Å². The van der Waals surface area contributed by atoms with Gasteiger partial charge in [0.1, 0.15) is 0 Å². The van der Waals surface area contributed by atoms with Crippen LogP contribution in [0.2, 0.25) is 5.02 Å². The van der Waals surface area contributed by atoms with Crippen LogP contribution in [0, 0.1) is 17.2 Å². The van der Waals surface area contributed by atoms with Crippen LogP contribution in [0.15, 0.2) is 17.2 Å². The maximum Gasteiger partial charge on any atom is 0.240 e. The van der Waals surface area contributed by atoms with Crippen molar-refractivity contribution in [2.24, 2.45) is 16.4 Å². The molecule has 0 bridgehead atoms. The van der Waals surface area contributed by atoms with Crippen molar-refractivity contribution in [3.63, 3.8) is 0 Å². The van der Waals surface area contributed by atoms with E-state index in [-0.39, 0.29) is 35.8 Å². The molecule has 0 saturated carbocycles. The minimum absolute atomic E-state index is 0.0509. The molecular weight excluding hydrogens is 323 g/mol. The molecule has 23 heavy (non-hydrogen) atoms. The third kappa shape index (κ3) is 4.20. The SMILES string of the molecule is CC1CC(=O)NN=C1c1cc(F)c(OCC(C)(C)CO)c(Cl)c1. The van der Waals surface area contributed by atoms with Crippen molar-refractivity contribution < 1.29 is 19.0 Å². The van der Waals surface area contributed by atoms with E-state index >= 15 is 0 Å². The third-order valence-electron chi connectivity index (χ3n) is 3.59. The van der Waals surface area contributed by atoms with Crippen LogP contribution in [0.25, 0.3) is 0 Å². The van der Waals surface area contributed by atoms with Gasteiger partial charge in [-0.1, -0.05) is 32.4 Å². The molecule has 0 spiro atoms. The second-order valence-electron chi connectivity index (χ2n) is 6.52. The van der Waals surface area contributed by atoms with Gasteiger partial charge in [0, 0.05) is 23.3 Å². The molecule has 0 aromatic heterocycles. The highest BCUT2D eigenvalue weighted by Crippen LogP contribution is 2.32. The van der Waals surface area contributed by atoms with Gasteiger partial charge >= 0.3 is 0 Å². The molecule has 7 heteroatoms. The standard InChI is InChI=1S/C16H20ClFN2O3/c1-9-4-13(22)19-20-14(9)10-5-11(17)15(12(18)6-10)23-8-16(2,3)7-21/h5-6,9,21H,4,7-8H2,1-3H3,(H,19,22). The van der Waals surface area contributed by atoms with E-state index in [1.54, 1.807) is 19.9 Å². The van der Waals surface area contributed by atoms with E-state index in [0.29, 0.717) is 17.7 Å². The number of hydrogen-bond donors (Lipinski definition) is 2. The summed E-state index contributed by atoms with van der Waals surface area (Å²) in [7, 11) is 0. The van der Waals surface area contributed by atoms with E-state index in [1.807, 2.05) is 6.92 Å². The van der Waals surface area contributed by atoms with Crippen LogP contribution in [0.4, 0.5) is 4.39 Å². The Hall–Kier alpha value is -1.66. The summed E-state index contributed by atoms with van der Waals surface area (Å²) in [4.78, 5) is 11.3. The number of rotatable bonds is 5. The van der Waals surface area contributed by atoms with Crippen LogP contribution in [0.3, 0.4) is 0 Å². The average Bonchev–Trinajstić information content (AvgIpc) is 2.46. The summed E-state index contributed by atoms with van der Waals surface area (Å²) in [5.74, 6) is -0.948. The molecule has 0 aliphatic carbocycles. The fourth-order valence-corrected chi connectivity index (χ4v) is 2.42. The molecule has 1 aliphatic rings. The molecule has 5 nitrogen and oxygen atoms in total. The monoisotopic (exact) mass is 342 g/mol. The van der Waals surface area contributed by atoms with Crippen LogP contribution < -0.4 is 10.2 Å². The maximum absolute atomic E-state index is 14.3. The zero-order valence-corrected chi connectivity index (χ0v) is 14.1. The van der Waals surface area contributed by atoms with Crippen LogP contribution in [-0.2, 0) is 4.79 Å². The van der Waals surface area contributed by atoms with Crippen molar-refractivity contribution in [2.45, 2.75) is 27.2 Å². The lowest BCUT2D eigenvalue weighted by Gasteiger charge is -2.23. The Kier molecular flexibility index (Phi) is 5.26. The number of nitrogens with zero attached hydrogens (tertiary/aromatic N) is 1. The number of carbonyl (C=O) groups is 1. The second kappa shape index (κ2) is 6.84. The van der Waals surface area contributed by atoms with Gasteiger partial charge in [-0.2, -0.15) is 5.10 Å². The van der Waals surface area contributed by atoms with Crippen molar-refractivity contribution in [3.8, 4) is 5.75 Å². The highest BCUT2D eigenvalue weighted by Gasteiger charge is 2.25. The predicted molar refractivity (Wildman–Crippen MR) is 86.2 cm³/mol. The number of ether oxygens (including phenoxy) is 1. The maximum atomic E-state index is 14.3. The van der Waals surface area contributed by atoms with Gasteiger partial charge in [-0.05, 0) is 12.1 Å². The molecule has 1 aromatic carbocycles. The van der Waals surface area contributed by atoms with Crippen molar-refractivity contribution in [2.75, 3.05) is 13.2 Å². The molecule has 126 valence electrons. The summed E-state index contributed by atoms with van der Waals surface area (Å²) in [5.41, 5.74) is 2.98. The fourth-order valence-electron chi connectivity index (χ4n) is 2.16. The van der Waals surface area contributed by atoms with Crippen molar-refractivity contribution in [3.05, 3.63) is 28.5 Å². The minimum Gasteiger partial charge on any atom is -0.488 e. The van der Waals surface area contributed by atoms with Crippen molar-refractivity contribution in [1.29, 1.82) is 0 Å². The quantitative estimate of drug-likeness (QED) is 0.864. The average molecular weight is 343 g/mol. The topological polar surface area (TPSA) is 70.9 Å². The molecule has 1 atom stereocenters. The van der Waals surface area contributed by atoms with Gasteiger partial charge in [0.05, 0.1) is 23.9 Å². The molecule has 0 fully saturated rings. The van der Waals surface area contributed by atoms with E-state index in [9.17, 15) is 14.3 Å². The Morgan fingerprint density at radius 1 is 1.52 bits per heavy atom. The Morgan fingerprint density at radius 2 is 2.22 bits per heavy atom. The summed E-state index contributed by atoms with van der Waals surface area (Å²) in [6.45, 7) is 5.49. The number of hydrogen-bond acceptors (Lipinski definition) is 4. The normalized spacial score (nSPS) is 18.4. The molecule has 0 radical (unpaired) electrons. The largest absolute Gasteiger partial charge is 0.488 e. The molecule has 1 amide bonds. The highest BCUT2D eigenvalue weighted by atomic mass is 35.5. The van der Waals surface area contributed by atoms with E-state index < -0.39 is 11.2 Å². The summed E-state index contributed by atoms with van der Waals surface area (Å²) in [6.07, 6.45) is 0.293. The van der Waals surface area contributed by atoms with Crippen LogP contribution in [0.1, 0.15) is 32.8 Å². The van der Waals surface area contributed by atoms with Gasteiger partial charge in [0.2, 0.25) is 5.91 Å². The molecule has 1 heterocycles. The lowest BCUT2D eigenvalue weighted by Crippen LogP contribution is -2.32. The molecule has 2 rings (SSSR count). The third-order valence-corrected chi connectivity index (χ3v) is 3.87. The molecule has 0 saturated heterocycles. The number of amides is 1. The van der Waals surface area contributed by atoms with Gasteiger partial charge in [-0.15, -0.1) is 0 Å². The summed E-state index contributed by atoms with van der Waals surface area (Å²) in [6, 6.07) is 2.86. The Morgan fingerprint density at radius 3 is 2.78 bits per heavy atom. The van der Waals surface area contributed by atoms with Gasteiger partial charge in [-0.3, -0.25) is 4.79 Å². The fraction of sp³-hybridized carbons (Fsp3) is 0.500. The van der Waals surface area contributed by atoms with E-state index in [1.165, 1.54) is 6.07 Å². The van der Waals surface area contributed by atoms with Gasteiger partial charge in [-0.25, -0.2) is 9.82 Å². The molecular formula is C16H20ClFN2O3. The predicted octanol–water partition coefficient (Wildman–Crippen LogP) is 2.74. The van der Waals surface area contributed by atoms with Crippen molar-refractivity contribution in [1.82, 2.24) is 5.43 Å². The lowest BCUT2D eigenvalue weighted by atomic mass is 9.94. The first-order valence-electron chi connectivity index (χ1n) is 7.33. The number of aliphatic hydroxyl groups is 1. The van der Waals surface area contributed by atoms with Gasteiger partial charge in [0.15, 0.2) is 11.6 Å². The van der Waals surface area contributed by atoms with Gasteiger partial charge in [0.25, 0.3) is 0 Å². The van der Waals surface area contributed by atoms with Crippen molar-refractivity contribution >= 4 is 23.2 Å². The zero-order chi connectivity index (χ0) is 17.2. The highest BCUT2D eigenvalue weighted by molar-refractivity contribution is 6.32. The number of nitrogens with one attached hydrogen (secondary N) is 1. The number of carbonyl (C=O) groups excluding carboxylic acids is 1. The first-order valence-corrected chi connectivity index (χ1v) is 7.71. The molecule has 1 unspecified atom stereocenters. The van der Waals surface area contributed by atoms with Gasteiger partial charge < -0.3 is 9.84 Å². The first-order chi connectivity index (χ1) is 10.7. The number of hydrazone groups is 1. The molecule has 2 N–H and O–H groups in total. The minimum atomic E-state index is -0.604. The van der Waals surface area contributed by atoms with E-state index in [4.69, 9.17) is 16.3 Å². The zero-order valence-electron chi connectivity index (χ0n) is 13.3. The van der Waals surface area contributed by atoms with E-state index in [0.717, 1.165) is 0 Å².